The summed E-state index contributed by atoms with van der Waals surface area (Å²) in [5, 5.41) is 2.06. The van der Waals surface area contributed by atoms with Gasteiger partial charge in [-0.05, 0) is 36.4 Å². The molecule has 0 spiro atoms. The van der Waals surface area contributed by atoms with E-state index in [0.29, 0.717) is 27.0 Å². The maximum Gasteiger partial charge on any atom is 0.375 e. The molecule has 1 aromatic heterocycles. The number of hydrogen-bond acceptors (Lipinski definition) is 7. The van der Waals surface area contributed by atoms with Crippen LogP contribution in [0.15, 0.2) is 29.6 Å². The Hall–Kier alpha value is -2.38. The van der Waals surface area contributed by atoms with Crippen molar-refractivity contribution in [2.24, 2.45) is 5.92 Å². The lowest BCUT2D eigenvalue weighted by Crippen LogP contribution is -2.33. The predicted octanol–water partition coefficient (Wildman–Crippen LogP) is 3.30. The fraction of sp³-hybridized carbons (Fsp3) is 0.278. The van der Waals surface area contributed by atoms with Crippen molar-refractivity contribution in [2.45, 2.75) is 13.3 Å². The van der Waals surface area contributed by atoms with Crippen LogP contribution in [0, 0.1) is 5.92 Å². The van der Waals surface area contributed by atoms with E-state index in [1.807, 2.05) is 0 Å². The molecule has 0 radical (unpaired) electrons. The fourth-order valence-electron chi connectivity index (χ4n) is 2.58. The number of carbonyl (C=O) groups excluding carboxylic acids is 3. The normalized spacial score (nSPS) is 13.3. The van der Waals surface area contributed by atoms with Gasteiger partial charge in [-0.3, -0.25) is 9.59 Å². The summed E-state index contributed by atoms with van der Waals surface area (Å²) in [5.74, 6) is -2.59. The standard InChI is InChI=1S/C18H15ClO6S/c1-2-23-18(22)17(21)11(16(20)15-4-3-5-26-15)6-10-7-13-14(8-12(10)19)25-9-24-13/h3-5,7-8,11H,2,6,9H2,1H3. The van der Waals surface area contributed by atoms with Crippen molar-refractivity contribution in [3.05, 3.63) is 45.1 Å². The first kappa shape index (κ1) is 18.4. The van der Waals surface area contributed by atoms with Crippen LogP contribution < -0.4 is 9.47 Å². The number of ether oxygens (including phenoxy) is 3. The maximum absolute atomic E-state index is 12.8. The summed E-state index contributed by atoms with van der Waals surface area (Å²) in [6.45, 7) is 1.72. The Labute approximate surface area is 158 Å². The first-order chi connectivity index (χ1) is 12.5. The van der Waals surface area contributed by atoms with Gasteiger partial charge in [0.2, 0.25) is 6.79 Å². The lowest BCUT2D eigenvalue weighted by molar-refractivity contribution is -0.154. The number of fused-ring (bicyclic) bond motifs is 1. The van der Waals surface area contributed by atoms with Crippen LogP contribution in [-0.4, -0.2) is 30.9 Å². The third-order valence-electron chi connectivity index (χ3n) is 3.84. The summed E-state index contributed by atoms with van der Waals surface area (Å²) in [5.41, 5.74) is 0.517. The highest BCUT2D eigenvalue weighted by Crippen LogP contribution is 2.38. The van der Waals surface area contributed by atoms with E-state index in [9.17, 15) is 14.4 Å². The number of Topliss-reactive ketones (excluding diaryl/α,β-unsaturated/α-hetero) is 2. The fourth-order valence-corrected chi connectivity index (χ4v) is 3.53. The third-order valence-corrected chi connectivity index (χ3v) is 5.08. The molecule has 1 aliphatic heterocycles. The Kier molecular flexibility index (Phi) is 5.58. The first-order valence-corrected chi connectivity index (χ1v) is 9.13. The van der Waals surface area contributed by atoms with Crippen molar-refractivity contribution in [3.63, 3.8) is 0 Å². The molecule has 0 saturated heterocycles. The highest BCUT2D eigenvalue weighted by molar-refractivity contribution is 7.12. The quantitative estimate of drug-likeness (QED) is 0.310. The summed E-state index contributed by atoms with van der Waals surface area (Å²) in [6.07, 6.45) is -0.0378. The van der Waals surface area contributed by atoms with Crippen LogP contribution in [0.3, 0.4) is 0 Å². The highest BCUT2D eigenvalue weighted by Gasteiger charge is 2.35. The number of rotatable bonds is 7. The molecule has 136 valence electrons. The van der Waals surface area contributed by atoms with Crippen LogP contribution in [0.5, 0.6) is 11.5 Å². The molecule has 1 aliphatic rings. The van der Waals surface area contributed by atoms with E-state index in [1.165, 1.54) is 11.3 Å². The van der Waals surface area contributed by atoms with Crippen LogP contribution in [0.2, 0.25) is 5.02 Å². The summed E-state index contributed by atoms with van der Waals surface area (Å²) in [7, 11) is 0. The maximum atomic E-state index is 12.8. The molecule has 2 heterocycles. The minimum absolute atomic E-state index is 0.0378. The molecular formula is C18H15ClO6S. The second-order valence-corrected chi connectivity index (χ2v) is 6.83. The number of carbonyl (C=O) groups is 3. The van der Waals surface area contributed by atoms with Crippen molar-refractivity contribution >= 4 is 40.5 Å². The lowest BCUT2D eigenvalue weighted by Gasteiger charge is -2.14. The van der Waals surface area contributed by atoms with Gasteiger partial charge in [-0.1, -0.05) is 17.7 Å². The van der Waals surface area contributed by atoms with Gasteiger partial charge >= 0.3 is 5.97 Å². The zero-order valence-corrected chi connectivity index (χ0v) is 15.4. The highest BCUT2D eigenvalue weighted by atomic mass is 35.5. The molecule has 1 atom stereocenters. The third kappa shape index (κ3) is 3.73. The average molecular weight is 395 g/mol. The largest absolute Gasteiger partial charge is 0.460 e. The number of halogens is 1. The molecule has 0 fully saturated rings. The molecule has 1 unspecified atom stereocenters. The van der Waals surface area contributed by atoms with Crippen LogP contribution in [0.4, 0.5) is 0 Å². The minimum Gasteiger partial charge on any atom is -0.460 e. The molecule has 2 aromatic rings. The lowest BCUT2D eigenvalue weighted by atomic mass is 9.90. The van der Waals surface area contributed by atoms with E-state index in [1.54, 1.807) is 36.6 Å². The molecule has 6 nitrogen and oxygen atoms in total. The van der Waals surface area contributed by atoms with Gasteiger partial charge < -0.3 is 14.2 Å². The van der Waals surface area contributed by atoms with E-state index in [-0.39, 0.29) is 19.8 Å². The van der Waals surface area contributed by atoms with Gasteiger partial charge in [0, 0.05) is 11.1 Å². The number of thiophene rings is 1. The van der Waals surface area contributed by atoms with Gasteiger partial charge in [0.05, 0.1) is 17.4 Å². The van der Waals surface area contributed by atoms with Crippen molar-refractivity contribution in [1.82, 2.24) is 0 Å². The van der Waals surface area contributed by atoms with Gasteiger partial charge in [0.15, 0.2) is 17.3 Å². The number of benzene rings is 1. The van der Waals surface area contributed by atoms with Crippen LogP contribution in [-0.2, 0) is 20.7 Å². The Morgan fingerprint density at radius 2 is 2.00 bits per heavy atom. The summed E-state index contributed by atoms with van der Waals surface area (Å²) < 4.78 is 15.3. The summed E-state index contributed by atoms with van der Waals surface area (Å²) in [6, 6.07) is 6.51. The van der Waals surface area contributed by atoms with Gasteiger partial charge in [0.1, 0.15) is 0 Å². The molecule has 1 aromatic carbocycles. The molecule has 0 aliphatic carbocycles. The Morgan fingerprint density at radius 3 is 2.65 bits per heavy atom. The predicted molar refractivity (Wildman–Crippen MR) is 95.1 cm³/mol. The zero-order valence-electron chi connectivity index (χ0n) is 13.8. The van der Waals surface area contributed by atoms with Crippen LogP contribution in [0.1, 0.15) is 22.2 Å². The van der Waals surface area contributed by atoms with Crippen molar-refractivity contribution < 1.29 is 28.6 Å². The Bertz CT molecular complexity index is 846. The second kappa shape index (κ2) is 7.88. The van der Waals surface area contributed by atoms with Gasteiger partial charge in [-0.2, -0.15) is 0 Å². The Balaban J connectivity index is 1.92. The summed E-state index contributed by atoms with van der Waals surface area (Å²) in [4.78, 5) is 37.6. The molecule has 0 saturated carbocycles. The molecule has 8 heteroatoms. The monoisotopic (exact) mass is 394 g/mol. The smallest absolute Gasteiger partial charge is 0.375 e. The van der Waals surface area contributed by atoms with E-state index < -0.39 is 23.5 Å². The van der Waals surface area contributed by atoms with Crippen molar-refractivity contribution in [2.75, 3.05) is 13.4 Å². The molecule has 0 bridgehead atoms. The average Bonchev–Trinajstić information content (AvgIpc) is 3.30. The first-order valence-electron chi connectivity index (χ1n) is 7.88. The Morgan fingerprint density at radius 1 is 1.27 bits per heavy atom. The molecular weight excluding hydrogens is 380 g/mol. The number of ketones is 2. The SMILES string of the molecule is CCOC(=O)C(=O)C(Cc1cc2c(cc1Cl)OCO2)C(=O)c1cccs1. The van der Waals surface area contributed by atoms with E-state index >= 15 is 0 Å². The summed E-state index contributed by atoms with van der Waals surface area (Å²) >= 11 is 7.46. The minimum atomic E-state index is -1.22. The van der Waals surface area contributed by atoms with Crippen molar-refractivity contribution in [3.8, 4) is 11.5 Å². The molecule has 0 amide bonds. The number of hydrogen-bond donors (Lipinski definition) is 0. The molecule has 3 rings (SSSR count). The van der Waals surface area contributed by atoms with Gasteiger partial charge in [-0.15, -0.1) is 11.3 Å². The van der Waals surface area contributed by atoms with E-state index in [2.05, 4.69) is 0 Å². The molecule has 26 heavy (non-hydrogen) atoms. The van der Waals surface area contributed by atoms with E-state index in [4.69, 9.17) is 25.8 Å². The second-order valence-electron chi connectivity index (χ2n) is 5.48. The van der Waals surface area contributed by atoms with Gasteiger partial charge in [0.25, 0.3) is 5.78 Å². The van der Waals surface area contributed by atoms with Crippen LogP contribution in [0.25, 0.3) is 0 Å². The topological polar surface area (TPSA) is 78.9 Å². The zero-order chi connectivity index (χ0) is 18.7. The van der Waals surface area contributed by atoms with Gasteiger partial charge in [-0.25, -0.2) is 4.79 Å². The van der Waals surface area contributed by atoms with Crippen molar-refractivity contribution in [1.29, 1.82) is 0 Å². The molecule has 0 N–H and O–H groups in total. The van der Waals surface area contributed by atoms with E-state index in [0.717, 1.165) is 0 Å². The number of esters is 1. The van der Waals surface area contributed by atoms with Crippen LogP contribution >= 0.6 is 22.9 Å².